The minimum Gasteiger partial charge on any atom is -0.494 e. The van der Waals surface area contributed by atoms with E-state index in [1.54, 1.807) is 12.1 Å². The van der Waals surface area contributed by atoms with Gasteiger partial charge in [0.05, 0.1) is 36.5 Å². The molecular weight excluding hydrogens is 343 g/mol. The molecular formula is C15H14Cl2N2O4. The number of benzene rings is 1. The third kappa shape index (κ3) is 4.64. The van der Waals surface area contributed by atoms with Crippen LogP contribution in [0.2, 0.25) is 10.0 Å². The molecule has 0 radical (unpaired) electrons. The maximum absolute atomic E-state index is 12.0. The first-order chi connectivity index (χ1) is 11.0. The number of hydrogen-bond acceptors (Lipinski definition) is 4. The molecule has 6 nitrogen and oxygen atoms in total. The first kappa shape index (κ1) is 17.2. The average Bonchev–Trinajstić information content (AvgIpc) is 3.03. The van der Waals surface area contributed by atoms with Crippen molar-refractivity contribution in [1.29, 1.82) is 0 Å². The third-order valence-electron chi connectivity index (χ3n) is 2.91. The van der Waals surface area contributed by atoms with Gasteiger partial charge in [-0.05, 0) is 24.3 Å². The Morgan fingerprint density at radius 3 is 2.48 bits per heavy atom. The van der Waals surface area contributed by atoms with E-state index in [1.165, 1.54) is 25.5 Å². The highest BCUT2D eigenvalue weighted by molar-refractivity contribution is 6.37. The fraction of sp³-hybridized carbons (Fsp3) is 0.200. The summed E-state index contributed by atoms with van der Waals surface area (Å²) in [6.45, 7) is 0.0721. The Balaban J connectivity index is 1.88. The van der Waals surface area contributed by atoms with Crippen molar-refractivity contribution in [1.82, 2.24) is 10.6 Å². The summed E-state index contributed by atoms with van der Waals surface area (Å²) in [7, 11) is 1.43. The van der Waals surface area contributed by atoms with Crippen molar-refractivity contribution < 1.29 is 18.7 Å². The van der Waals surface area contributed by atoms with Crippen LogP contribution in [-0.4, -0.2) is 25.5 Å². The molecule has 1 heterocycles. The number of carbonyl (C=O) groups is 2. The number of furan rings is 1. The Hall–Kier alpha value is -2.18. The highest BCUT2D eigenvalue weighted by atomic mass is 35.5. The topological polar surface area (TPSA) is 80.6 Å². The lowest BCUT2D eigenvalue weighted by molar-refractivity contribution is -0.120. The Kier molecular flexibility index (Phi) is 5.90. The normalized spacial score (nSPS) is 10.2. The molecule has 0 saturated carbocycles. The molecule has 0 spiro atoms. The van der Waals surface area contributed by atoms with Gasteiger partial charge in [0.1, 0.15) is 5.76 Å². The third-order valence-corrected chi connectivity index (χ3v) is 3.48. The number of carbonyl (C=O) groups excluding carboxylic acids is 2. The van der Waals surface area contributed by atoms with E-state index in [0.717, 1.165) is 0 Å². The van der Waals surface area contributed by atoms with Gasteiger partial charge in [-0.3, -0.25) is 9.59 Å². The Morgan fingerprint density at radius 2 is 1.91 bits per heavy atom. The molecule has 1 aromatic carbocycles. The Bertz CT molecular complexity index is 679. The van der Waals surface area contributed by atoms with Gasteiger partial charge in [0.25, 0.3) is 5.91 Å². The molecule has 0 unspecified atom stereocenters. The van der Waals surface area contributed by atoms with Crippen molar-refractivity contribution in [2.75, 3.05) is 13.7 Å². The van der Waals surface area contributed by atoms with Crippen LogP contribution >= 0.6 is 23.2 Å². The SMILES string of the molecule is COc1c(Cl)cc(C(=O)NCC(=O)NCc2ccco2)cc1Cl. The fourth-order valence-corrected chi connectivity index (χ4v) is 2.45. The zero-order valence-corrected chi connectivity index (χ0v) is 13.7. The van der Waals surface area contributed by atoms with Gasteiger partial charge in [0, 0.05) is 5.56 Å². The summed E-state index contributed by atoms with van der Waals surface area (Å²) in [5.41, 5.74) is 0.236. The summed E-state index contributed by atoms with van der Waals surface area (Å²) >= 11 is 11.9. The molecule has 2 N–H and O–H groups in total. The summed E-state index contributed by atoms with van der Waals surface area (Å²) in [6.07, 6.45) is 1.51. The number of halogens is 2. The van der Waals surface area contributed by atoms with Gasteiger partial charge in [-0.15, -0.1) is 0 Å². The van der Waals surface area contributed by atoms with Crippen LogP contribution in [0.1, 0.15) is 16.1 Å². The van der Waals surface area contributed by atoms with Crippen molar-refractivity contribution in [3.05, 3.63) is 51.9 Å². The summed E-state index contributed by atoms with van der Waals surface area (Å²) in [4.78, 5) is 23.7. The predicted octanol–water partition coefficient (Wildman–Crippen LogP) is 2.64. The summed E-state index contributed by atoms with van der Waals surface area (Å²) in [5.74, 6) is 0.101. The largest absolute Gasteiger partial charge is 0.494 e. The number of ether oxygens (including phenoxy) is 1. The van der Waals surface area contributed by atoms with Crippen molar-refractivity contribution in [3.63, 3.8) is 0 Å². The second-order valence-corrected chi connectivity index (χ2v) is 5.33. The van der Waals surface area contributed by atoms with Crippen LogP contribution in [0.25, 0.3) is 0 Å². The van der Waals surface area contributed by atoms with Gasteiger partial charge in [0.15, 0.2) is 5.75 Å². The van der Waals surface area contributed by atoms with Crippen molar-refractivity contribution >= 4 is 35.0 Å². The lowest BCUT2D eigenvalue weighted by atomic mass is 10.2. The maximum Gasteiger partial charge on any atom is 0.251 e. The minimum absolute atomic E-state index is 0.180. The Labute approximate surface area is 142 Å². The molecule has 122 valence electrons. The fourth-order valence-electron chi connectivity index (χ4n) is 1.81. The van der Waals surface area contributed by atoms with Crippen LogP contribution in [0.15, 0.2) is 34.9 Å². The van der Waals surface area contributed by atoms with Crippen molar-refractivity contribution in [3.8, 4) is 5.75 Å². The highest BCUT2D eigenvalue weighted by Crippen LogP contribution is 2.33. The van der Waals surface area contributed by atoms with E-state index in [4.69, 9.17) is 32.4 Å². The van der Waals surface area contributed by atoms with Crippen LogP contribution in [-0.2, 0) is 11.3 Å². The molecule has 2 aromatic rings. The molecule has 23 heavy (non-hydrogen) atoms. The summed E-state index contributed by atoms with van der Waals surface area (Å²) in [6, 6.07) is 6.30. The molecule has 0 aliphatic heterocycles. The molecule has 2 rings (SSSR count). The molecule has 0 fully saturated rings. The number of amides is 2. The van der Waals surface area contributed by atoms with E-state index in [-0.39, 0.29) is 34.6 Å². The number of rotatable bonds is 6. The number of nitrogens with one attached hydrogen (secondary N) is 2. The monoisotopic (exact) mass is 356 g/mol. The molecule has 0 aliphatic carbocycles. The van der Waals surface area contributed by atoms with Crippen LogP contribution < -0.4 is 15.4 Å². The van der Waals surface area contributed by atoms with Crippen LogP contribution in [0, 0.1) is 0 Å². The second-order valence-electron chi connectivity index (χ2n) is 4.51. The van der Waals surface area contributed by atoms with E-state index in [9.17, 15) is 9.59 Å². The quantitative estimate of drug-likeness (QED) is 0.833. The highest BCUT2D eigenvalue weighted by Gasteiger charge is 2.14. The number of methoxy groups -OCH3 is 1. The summed E-state index contributed by atoms with van der Waals surface area (Å²) in [5, 5.41) is 5.52. The van der Waals surface area contributed by atoms with E-state index < -0.39 is 5.91 Å². The van der Waals surface area contributed by atoms with Gasteiger partial charge in [0.2, 0.25) is 5.91 Å². The van der Waals surface area contributed by atoms with Crippen molar-refractivity contribution in [2.45, 2.75) is 6.54 Å². The number of hydrogen-bond donors (Lipinski definition) is 2. The summed E-state index contributed by atoms with van der Waals surface area (Å²) < 4.78 is 10.1. The zero-order valence-electron chi connectivity index (χ0n) is 12.2. The molecule has 8 heteroatoms. The van der Waals surface area contributed by atoms with Crippen LogP contribution in [0.5, 0.6) is 5.75 Å². The van der Waals surface area contributed by atoms with E-state index in [0.29, 0.717) is 11.5 Å². The second kappa shape index (κ2) is 7.89. The average molecular weight is 357 g/mol. The standard InChI is InChI=1S/C15H14Cl2N2O4/c1-22-14-11(16)5-9(6-12(14)17)15(21)19-8-13(20)18-7-10-3-2-4-23-10/h2-6H,7-8H2,1H3,(H,18,20)(H,19,21). The van der Waals surface area contributed by atoms with E-state index in [1.807, 2.05) is 0 Å². The van der Waals surface area contributed by atoms with Crippen LogP contribution in [0.4, 0.5) is 0 Å². The van der Waals surface area contributed by atoms with Gasteiger partial charge in [-0.2, -0.15) is 0 Å². The van der Waals surface area contributed by atoms with Gasteiger partial charge in [-0.1, -0.05) is 23.2 Å². The lowest BCUT2D eigenvalue weighted by Gasteiger charge is -2.09. The molecule has 0 atom stereocenters. The smallest absolute Gasteiger partial charge is 0.251 e. The Morgan fingerprint density at radius 1 is 1.22 bits per heavy atom. The molecule has 0 aliphatic rings. The first-order valence-corrected chi connectivity index (χ1v) is 7.37. The minimum atomic E-state index is -0.468. The van der Waals surface area contributed by atoms with Crippen LogP contribution in [0.3, 0.4) is 0 Å². The van der Waals surface area contributed by atoms with Crippen molar-refractivity contribution in [2.24, 2.45) is 0 Å². The molecule has 0 bridgehead atoms. The van der Waals surface area contributed by atoms with Gasteiger partial charge in [-0.25, -0.2) is 0 Å². The van der Waals surface area contributed by atoms with E-state index >= 15 is 0 Å². The lowest BCUT2D eigenvalue weighted by Crippen LogP contribution is -2.36. The van der Waals surface area contributed by atoms with Gasteiger partial charge >= 0.3 is 0 Å². The zero-order chi connectivity index (χ0) is 16.8. The molecule has 2 amide bonds. The predicted molar refractivity (Wildman–Crippen MR) is 85.9 cm³/mol. The molecule has 1 aromatic heterocycles. The maximum atomic E-state index is 12.0. The first-order valence-electron chi connectivity index (χ1n) is 6.61. The molecule has 0 saturated heterocycles. The van der Waals surface area contributed by atoms with E-state index in [2.05, 4.69) is 10.6 Å². The van der Waals surface area contributed by atoms with Gasteiger partial charge < -0.3 is 19.8 Å².